The number of aliphatic hydroxyl groups excluding tert-OH is 1. The second kappa shape index (κ2) is 73.0. The van der Waals surface area contributed by atoms with Crippen molar-refractivity contribution < 1.29 is 80.2 Å². The number of hydrogen-bond donors (Lipinski definition) is 3. The smallest absolute Gasteiger partial charge is 0.462 e. The van der Waals surface area contributed by atoms with Crippen molar-refractivity contribution in [2.45, 2.75) is 445 Å². The normalized spacial score (nSPS) is 14.1. The molecule has 3 N–H and O–H groups in total. The molecular formula is C80H156O17P2. The lowest BCUT2D eigenvalue weighted by Crippen LogP contribution is -2.30. The molecular weight excluding hydrogens is 1290 g/mol. The third-order valence-electron chi connectivity index (χ3n) is 19.1. The molecule has 99 heavy (non-hydrogen) atoms. The molecule has 19 heteroatoms. The van der Waals surface area contributed by atoms with Crippen LogP contribution in [0.15, 0.2) is 0 Å². The van der Waals surface area contributed by atoms with Crippen molar-refractivity contribution in [3.05, 3.63) is 0 Å². The molecule has 0 fully saturated rings. The summed E-state index contributed by atoms with van der Waals surface area (Å²) in [6, 6.07) is 0. The predicted octanol–water partition coefficient (Wildman–Crippen LogP) is 24.0. The Morgan fingerprint density at radius 3 is 0.717 bits per heavy atom. The van der Waals surface area contributed by atoms with Crippen molar-refractivity contribution >= 4 is 39.5 Å². The zero-order valence-electron chi connectivity index (χ0n) is 64.6. The molecule has 0 radical (unpaired) electrons. The van der Waals surface area contributed by atoms with Crippen LogP contribution in [0.5, 0.6) is 0 Å². The first-order chi connectivity index (χ1) is 48.1. The van der Waals surface area contributed by atoms with Crippen molar-refractivity contribution in [1.29, 1.82) is 0 Å². The van der Waals surface area contributed by atoms with Gasteiger partial charge in [0.1, 0.15) is 19.3 Å². The maximum absolute atomic E-state index is 13.1. The van der Waals surface area contributed by atoms with Crippen molar-refractivity contribution in [1.82, 2.24) is 0 Å². The minimum atomic E-state index is -4.96. The van der Waals surface area contributed by atoms with E-state index < -0.39 is 97.5 Å². The minimum Gasteiger partial charge on any atom is -0.462 e. The Labute approximate surface area is 607 Å². The van der Waals surface area contributed by atoms with Gasteiger partial charge in [-0.1, -0.05) is 375 Å². The van der Waals surface area contributed by atoms with Gasteiger partial charge in [-0.3, -0.25) is 37.3 Å². The van der Waals surface area contributed by atoms with Crippen LogP contribution < -0.4 is 0 Å². The van der Waals surface area contributed by atoms with Gasteiger partial charge in [0.25, 0.3) is 0 Å². The number of unbranched alkanes of at least 4 members (excludes halogenated alkanes) is 51. The summed E-state index contributed by atoms with van der Waals surface area (Å²) >= 11 is 0. The Balaban J connectivity index is 5.22. The highest BCUT2D eigenvalue weighted by Crippen LogP contribution is 2.45. The Hall–Kier alpha value is -1.94. The highest BCUT2D eigenvalue weighted by atomic mass is 31.2. The average Bonchev–Trinajstić information content (AvgIpc) is 1.50. The summed E-state index contributed by atoms with van der Waals surface area (Å²) in [4.78, 5) is 72.9. The molecule has 0 amide bonds. The van der Waals surface area contributed by atoms with Gasteiger partial charge in [0, 0.05) is 25.7 Å². The zero-order chi connectivity index (χ0) is 72.7. The lowest BCUT2D eigenvalue weighted by molar-refractivity contribution is -0.161. The fraction of sp³-hybridized carbons (Fsp3) is 0.950. The van der Waals surface area contributed by atoms with Crippen LogP contribution in [0.1, 0.15) is 426 Å². The summed E-state index contributed by atoms with van der Waals surface area (Å²) in [7, 11) is -9.91. The van der Waals surface area contributed by atoms with E-state index >= 15 is 0 Å². The van der Waals surface area contributed by atoms with Gasteiger partial charge in [-0.05, 0) is 31.6 Å². The first-order valence-electron chi connectivity index (χ1n) is 41.7. The number of carbonyl (C=O) groups excluding carboxylic acids is 4. The van der Waals surface area contributed by atoms with Crippen molar-refractivity contribution in [2.24, 2.45) is 5.92 Å². The maximum Gasteiger partial charge on any atom is 0.472 e. The van der Waals surface area contributed by atoms with E-state index in [1.54, 1.807) is 0 Å². The molecule has 0 heterocycles. The number of phosphoric ester groups is 2. The summed E-state index contributed by atoms with van der Waals surface area (Å²) in [5.74, 6) is -1.26. The van der Waals surface area contributed by atoms with Gasteiger partial charge in [0.05, 0.1) is 26.4 Å². The Morgan fingerprint density at radius 1 is 0.283 bits per heavy atom. The van der Waals surface area contributed by atoms with Gasteiger partial charge in [0.2, 0.25) is 0 Å². The van der Waals surface area contributed by atoms with Crippen molar-refractivity contribution in [3.8, 4) is 0 Å². The Kier molecular flexibility index (Phi) is 71.6. The molecule has 0 bridgehead atoms. The van der Waals surface area contributed by atoms with Crippen LogP contribution in [0.4, 0.5) is 0 Å². The van der Waals surface area contributed by atoms with E-state index in [1.165, 1.54) is 250 Å². The summed E-state index contributed by atoms with van der Waals surface area (Å²) in [5.41, 5.74) is 0. The minimum absolute atomic E-state index is 0.108. The number of hydrogen-bond acceptors (Lipinski definition) is 15. The largest absolute Gasteiger partial charge is 0.472 e. The SMILES string of the molecule is CCCCCCCCCCCCCCCCCCCCCC(=O)O[C@H](COC(=O)CCCCCCCCCCCCCCCCC(C)CC)COP(=O)(O)OC[C@@H](O)COP(=O)(O)OC[C@@H](COC(=O)CCCCCCCCCCCCC)OC(=O)CCCCCCCCCCCCC. The molecule has 0 rings (SSSR count). The van der Waals surface area contributed by atoms with E-state index in [0.717, 1.165) is 95.8 Å². The maximum atomic E-state index is 13.1. The fourth-order valence-electron chi connectivity index (χ4n) is 12.4. The lowest BCUT2D eigenvalue weighted by Gasteiger charge is -2.21. The van der Waals surface area contributed by atoms with E-state index in [-0.39, 0.29) is 25.7 Å². The Bertz CT molecular complexity index is 1890. The first-order valence-corrected chi connectivity index (χ1v) is 44.7. The third kappa shape index (κ3) is 72.8. The Morgan fingerprint density at radius 2 is 0.485 bits per heavy atom. The van der Waals surface area contributed by atoms with Crippen LogP contribution in [0.3, 0.4) is 0 Å². The molecule has 0 aromatic heterocycles. The summed E-state index contributed by atoms with van der Waals surface area (Å²) < 4.78 is 68.7. The fourth-order valence-corrected chi connectivity index (χ4v) is 14.0. The topological polar surface area (TPSA) is 237 Å². The zero-order valence-corrected chi connectivity index (χ0v) is 66.4. The molecule has 0 aromatic carbocycles. The summed E-state index contributed by atoms with van der Waals surface area (Å²) in [6.07, 6.45) is 63.7. The monoisotopic (exact) mass is 1450 g/mol. The number of phosphoric acid groups is 2. The van der Waals surface area contributed by atoms with E-state index in [9.17, 15) is 43.2 Å². The molecule has 0 spiro atoms. The van der Waals surface area contributed by atoms with Crippen LogP contribution in [0.25, 0.3) is 0 Å². The highest BCUT2D eigenvalue weighted by Gasteiger charge is 2.30. The van der Waals surface area contributed by atoms with Gasteiger partial charge in [-0.15, -0.1) is 0 Å². The van der Waals surface area contributed by atoms with Gasteiger partial charge in [-0.25, -0.2) is 9.13 Å². The van der Waals surface area contributed by atoms with Crippen LogP contribution in [0.2, 0.25) is 0 Å². The second-order valence-corrected chi connectivity index (χ2v) is 32.0. The number of rotatable bonds is 80. The average molecular weight is 1450 g/mol. The molecule has 17 nitrogen and oxygen atoms in total. The number of aliphatic hydroxyl groups is 1. The summed E-state index contributed by atoms with van der Waals surface area (Å²) in [6.45, 7) is 7.37. The molecule has 6 atom stereocenters. The quantitative estimate of drug-likeness (QED) is 0.0222. The molecule has 0 aliphatic rings. The second-order valence-electron chi connectivity index (χ2n) is 29.1. The van der Waals surface area contributed by atoms with Crippen molar-refractivity contribution in [2.75, 3.05) is 39.6 Å². The standard InChI is InChI=1S/C80H156O17P2/c1-6-10-13-16-19-22-25-26-27-28-29-30-31-36-41-46-51-56-61-66-80(85)97-76(70-91-78(83)64-59-54-49-44-40-35-33-32-34-39-42-47-52-57-62-73(5)9-4)72-95-99(88,89)93-68-74(81)67-92-98(86,87)94-71-75(96-79(84)65-60-55-50-45-38-24-21-18-15-12-8-3)69-90-77(82)63-58-53-48-43-37-23-20-17-14-11-7-2/h73-76,81H,6-72H2,1-5H3,(H,86,87)(H,88,89)/t73?,74-,75+,76+/m0/s1. The van der Waals surface area contributed by atoms with Crippen LogP contribution in [-0.4, -0.2) is 96.7 Å². The molecule has 0 aromatic rings. The van der Waals surface area contributed by atoms with Crippen LogP contribution >= 0.6 is 15.6 Å². The highest BCUT2D eigenvalue weighted by molar-refractivity contribution is 7.47. The molecule has 0 aliphatic carbocycles. The van der Waals surface area contributed by atoms with Gasteiger partial charge >= 0.3 is 39.5 Å². The predicted molar refractivity (Wildman–Crippen MR) is 405 cm³/mol. The van der Waals surface area contributed by atoms with E-state index in [2.05, 4.69) is 34.6 Å². The lowest BCUT2D eigenvalue weighted by atomic mass is 9.99. The van der Waals surface area contributed by atoms with Gasteiger partial charge in [-0.2, -0.15) is 0 Å². The van der Waals surface area contributed by atoms with E-state index in [1.807, 2.05) is 0 Å². The molecule has 0 aliphatic heterocycles. The first kappa shape index (κ1) is 97.1. The van der Waals surface area contributed by atoms with E-state index in [4.69, 9.17) is 37.0 Å². The third-order valence-corrected chi connectivity index (χ3v) is 21.0. The number of ether oxygens (including phenoxy) is 4. The van der Waals surface area contributed by atoms with Crippen molar-refractivity contribution in [3.63, 3.8) is 0 Å². The van der Waals surface area contributed by atoms with Gasteiger partial charge < -0.3 is 33.8 Å². The number of esters is 4. The summed E-state index contributed by atoms with van der Waals surface area (Å²) in [5, 5.41) is 10.6. The number of carbonyl (C=O) groups is 4. The van der Waals surface area contributed by atoms with Crippen LogP contribution in [0, 0.1) is 5.92 Å². The molecule has 588 valence electrons. The molecule has 0 saturated heterocycles. The molecule has 3 unspecified atom stereocenters. The molecule has 0 saturated carbocycles. The van der Waals surface area contributed by atoms with Crippen LogP contribution in [-0.2, 0) is 65.4 Å². The van der Waals surface area contributed by atoms with E-state index in [0.29, 0.717) is 25.7 Å². The van der Waals surface area contributed by atoms with Gasteiger partial charge in [0.15, 0.2) is 12.2 Å².